The van der Waals surface area contributed by atoms with Crippen molar-refractivity contribution in [1.29, 1.82) is 0 Å². The highest BCUT2D eigenvalue weighted by molar-refractivity contribution is 5.83. The minimum atomic E-state index is -0.570. The molecule has 0 radical (unpaired) electrons. The highest BCUT2D eigenvalue weighted by Gasteiger charge is 2.27. The van der Waals surface area contributed by atoms with Crippen LogP contribution in [0, 0.1) is 5.41 Å². The van der Waals surface area contributed by atoms with Crippen molar-refractivity contribution >= 4 is 11.8 Å². The minimum absolute atomic E-state index is 0.0465. The summed E-state index contributed by atoms with van der Waals surface area (Å²) in [6.45, 7) is 6.69. The van der Waals surface area contributed by atoms with E-state index < -0.39 is 5.41 Å². The zero-order chi connectivity index (χ0) is 11.9. The van der Waals surface area contributed by atoms with Gasteiger partial charge in [0.25, 0.3) is 0 Å². The second-order valence-electron chi connectivity index (χ2n) is 4.05. The summed E-state index contributed by atoms with van der Waals surface area (Å²) >= 11 is 0. The van der Waals surface area contributed by atoms with Crippen molar-refractivity contribution in [3.63, 3.8) is 0 Å². The largest absolute Gasteiger partial charge is 0.356 e. The summed E-state index contributed by atoms with van der Waals surface area (Å²) in [5.41, 5.74) is -0.570. The molecular weight excluding hydrogens is 194 g/mol. The third kappa shape index (κ3) is 5.37. The van der Waals surface area contributed by atoms with Gasteiger partial charge in [0.2, 0.25) is 11.8 Å². The Morgan fingerprint density at radius 3 is 2.27 bits per heavy atom. The Morgan fingerprint density at radius 2 is 1.80 bits per heavy atom. The van der Waals surface area contributed by atoms with E-state index in [1.807, 2.05) is 6.92 Å². The van der Waals surface area contributed by atoms with Crippen LogP contribution in [0.3, 0.4) is 0 Å². The molecule has 5 nitrogen and oxygen atoms in total. The van der Waals surface area contributed by atoms with Crippen LogP contribution in [0.25, 0.3) is 0 Å². The highest BCUT2D eigenvalue weighted by atomic mass is 16.2. The summed E-state index contributed by atoms with van der Waals surface area (Å²) in [6, 6.07) is 0. The van der Waals surface area contributed by atoms with Gasteiger partial charge in [0.15, 0.2) is 0 Å². The third-order valence-corrected chi connectivity index (χ3v) is 2.02. The smallest absolute Gasteiger partial charge is 0.233 e. The van der Waals surface area contributed by atoms with E-state index in [-0.39, 0.29) is 18.4 Å². The fourth-order valence-electron chi connectivity index (χ4n) is 1.02. The Bertz CT molecular complexity index is 227. The quantitative estimate of drug-likeness (QED) is 0.558. The van der Waals surface area contributed by atoms with E-state index in [4.69, 9.17) is 0 Å². The van der Waals surface area contributed by atoms with Gasteiger partial charge in [-0.25, -0.2) is 0 Å². The van der Waals surface area contributed by atoms with E-state index in [0.29, 0.717) is 13.1 Å². The zero-order valence-electron chi connectivity index (χ0n) is 9.94. The third-order valence-electron chi connectivity index (χ3n) is 2.02. The fraction of sp³-hybridized carbons (Fsp3) is 0.800. The van der Waals surface area contributed by atoms with Crippen molar-refractivity contribution in [3.05, 3.63) is 0 Å². The molecule has 0 rings (SSSR count). The summed E-state index contributed by atoms with van der Waals surface area (Å²) < 4.78 is 0. The first-order chi connectivity index (χ1) is 6.94. The first kappa shape index (κ1) is 13.9. The summed E-state index contributed by atoms with van der Waals surface area (Å²) in [5.74, 6) is -0.148. The van der Waals surface area contributed by atoms with Crippen LogP contribution in [-0.2, 0) is 9.59 Å². The average Bonchev–Trinajstić information content (AvgIpc) is 2.16. The molecule has 2 amide bonds. The van der Waals surface area contributed by atoms with E-state index in [1.54, 1.807) is 20.9 Å². The molecule has 3 N–H and O–H groups in total. The van der Waals surface area contributed by atoms with Crippen molar-refractivity contribution in [1.82, 2.24) is 16.0 Å². The number of amides is 2. The second-order valence-corrected chi connectivity index (χ2v) is 4.05. The van der Waals surface area contributed by atoms with Gasteiger partial charge in [0.1, 0.15) is 0 Å². The molecule has 0 saturated heterocycles. The summed E-state index contributed by atoms with van der Waals surface area (Å²) in [4.78, 5) is 22.7. The first-order valence-electron chi connectivity index (χ1n) is 5.13. The Hall–Kier alpha value is -1.10. The van der Waals surface area contributed by atoms with Gasteiger partial charge in [-0.2, -0.15) is 0 Å². The molecule has 0 spiro atoms. The molecule has 0 aliphatic carbocycles. The summed E-state index contributed by atoms with van der Waals surface area (Å²) in [7, 11) is 1.70. The topological polar surface area (TPSA) is 70.2 Å². The number of nitrogens with one attached hydrogen (secondary N) is 3. The Balaban J connectivity index is 4.03. The van der Waals surface area contributed by atoms with Crippen molar-refractivity contribution in [3.8, 4) is 0 Å². The molecule has 0 aliphatic heterocycles. The molecule has 0 aromatic heterocycles. The van der Waals surface area contributed by atoms with Crippen LogP contribution in [0.4, 0.5) is 0 Å². The molecular formula is C10H21N3O2. The van der Waals surface area contributed by atoms with Gasteiger partial charge in [0.05, 0.1) is 12.0 Å². The van der Waals surface area contributed by atoms with Crippen molar-refractivity contribution in [2.24, 2.45) is 5.41 Å². The van der Waals surface area contributed by atoms with E-state index in [2.05, 4.69) is 16.0 Å². The number of carbonyl (C=O) groups is 2. The number of hydrogen-bond acceptors (Lipinski definition) is 3. The number of likely N-dealkylation sites (N-methyl/N-ethyl adjacent to an activating group) is 1. The molecule has 0 heterocycles. The van der Waals surface area contributed by atoms with Gasteiger partial charge in [-0.15, -0.1) is 0 Å². The molecule has 0 aliphatic rings. The molecule has 88 valence electrons. The van der Waals surface area contributed by atoms with Crippen molar-refractivity contribution < 1.29 is 9.59 Å². The maximum Gasteiger partial charge on any atom is 0.233 e. The van der Waals surface area contributed by atoms with Crippen LogP contribution < -0.4 is 16.0 Å². The lowest BCUT2D eigenvalue weighted by Gasteiger charge is -2.23. The molecule has 0 saturated carbocycles. The highest BCUT2D eigenvalue weighted by Crippen LogP contribution is 2.13. The van der Waals surface area contributed by atoms with E-state index in [0.717, 1.165) is 0 Å². The van der Waals surface area contributed by atoms with E-state index in [9.17, 15) is 9.59 Å². The lowest BCUT2D eigenvalue weighted by atomic mass is 9.92. The van der Waals surface area contributed by atoms with E-state index >= 15 is 0 Å². The molecule has 15 heavy (non-hydrogen) atoms. The number of carbonyl (C=O) groups excluding carboxylic acids is 2. The molecule has 0 fully saturated rings. The van der Waals surface area contributed by atoms with Gasteiger partial charge in [-0.05, 0) is 27.8 Å². The van der Waals surface area contributed by atoms with Gasteiger partial charge in [-0.1, -0.05) is 0 Å². The lowest BCUT2D eigenvalue weighted by molar-refractivity contribution is -0.129. The van der Waals surface area contributed by atoms with Gasteiger partial charge in [0, 0.05) is 13.1 Å². The maximum atomic E-state index is 11.6. The van der Waals surface area contributed by atoms with Crippen molar-refractivity contribution in [2.75, 3.05) is 26.7 Å². The molecule has 0 aromatic rings. The van der Waals surface area contributed by atoms with E-state index in [1.165, 1.54) is 0 Å². The summed E-state index contributed by atoms with van der Waals surface area (Å²) in [5, 5.41) is 8.18. The SMILES string of the molecule is CCNC(=O)C(C)(C)CNC(=O)CNC. The van der Waals surface area contributed by atoms with Crippen molar-refractivity contribution in [2.45, 2.75) is 20.8 Å². The van der Waals surface area contributed by atoms with Crippen LogP contribution in [0.1, 0.15) is 20.8 Å². The standard InChI is InChI=1S/C10H21N3O2/c1-5-12-9(15)10(2,3)7-13-8(14)6-11-4/h11H,5-7H2,1-4H3,(H,12,15)(H,13,14). The predicted octanol–water partition coefficient (Wildman–Crippen LogP) is -0.516. The number of rotatable bonds is 6. The predicted molar refractivity (Wildman–Crippen MR) is 59.4 cm³/mol. The van der Waals surface area contributed by atoms with Crippen LogP contribution >= 0.6 is 0 Å². The monoisotopic (exact) mass is 215 g/mol. The van der Waals surface area contributed by atoms with Gasteiger partial charge >= 0.3 is 0 Å². The van der Waals surface area contributed by atoms with Gasteiger partial charge < -0.3 is 16.0 Å². The Kier molecular flexibility index (Phi) is 5.93. The Labute approximate surface area is 91.0 Å². The van der Waals surface area contributed by atoms with Crippen LogP contribution in [0.15, 0.2) is 0 Å². The molecule has 5 heteroatoms. The van der Waals surface area contributed by atoms with Gasteiger partial charge in [-0.3, -0.25) is 9.59 Å². The van der Waals surface area contributed by atoms with Crippen LogP contribution in [0.5, 0.6) is 0 Å². The lowest BCUT2D eigenvalue weighted by Crippen LogP contribution is -2.46. The van der Waals surface area contributed by atoms with Crippen LogP contribution in [0.2, 0.25) is 0 Å². The number of hydrogen-bond donors (Lipinski definition) is 3. The molecule has 0 unspecified atom stereocenters. The van der Waals surface area contributed by atoms with Crippen LogP contribution in [-0.4, -0.2) is 38.5 Å². The fourth-order valence-corrected chi connectivity index (χ4v) is 1.02. The minimum Gasteiger partial charge on any atom is -0.356 e. The maximum absolute atomic E-state index is 11.6. The second kappa shape index (κ2) is 6.40. The normalized spacial score (nSPS) is 10.9. The Morgan fingerprint density at radius 1 is 1.20 bits per heavy atom. The zero-order valence-corrected chi connectivity index (χ0v) is 9.94. The first-order valence-corrected chi connectivity index (χ1v) is 5.13. The summed E-state index contributed by atoms with van der Waals surface area (Å²) in [6.07, 6.45) is 0. The molecule has 0 atom stereocenters. The molecule has 0 bridgehead atoms. The molecule has 0 aromatic carbocycles. The average molecular weight is 215 g/mol.